The quantitative estimate of drug-likeness (QED) is 0.792. The lowest BCUT2D eigenvalue weighted by molar-refractivity contribution is 0.0384. The molecule has 0 radical (unpaired) electrons. The molecule has 0 saturated carbocycles. The van der Waals surface area contributed by atoms with Gasteiger partial charge in [-0.05, 0) is 36.5 Å². The second-order valence-electron chi connectivity index (χ2n) is 4.82. The summed E-state index contributed by atoms with van der Waals surface area (Å²) < 4.78 is 5.37. The van der Waals surface area contributed by atoms with Gasteiger partial charge in [0.05, 0.1) is 13.2 Å². The normalized spacial score (nSPS) is 17.3. The standard InChI is InChI=1S/C15H23NO/c1-3-14-5-4-13(2)15(12-14)6-7-16-8-10-17-11-9-16/h4-5,12H,3,6-11H2,1-2H3. The molecule has 0 amide bonds. The van der Waals surface area contributed by atoms with E-state index in [1.165, 1.54) is 23.1 Å². The molecule has 1 aliphatic heterocycles. The van der Waals surface area contributed by atoms with Crippen LogP contribution in [0.15, 0.2) is 18.2 Å². The smallest absolute Gasteiger partial charge is 0.0594 e. The summed E-state index contributed by atoms with van der Waals surface area (Å²) in [5, 5.41) is 0. The van der Waals surface area contributed by atoms with Crippen LogP contribution in [0.5, 0.6) is 0 Å². The average Bonchev–Trinajstić information content (AvgIpc) is 2.39. The van der Waals surface area contributed by atoms with Crippen molar-refractivity contribution in [1.82, 2.24) is 4.90 Å². The number of morpholine rings is 1. The van der Waals surface area contributed by atoms with Crippen LogP contribution >= 0.6 is 0 Å². The molecular formula is C15H23NO. The minimum atomic E-state index is 0.897. The van der Waals surface area contributed by atoms with E-state index < -0.39 is 0 Å². The molecule has 0 aliphatic carbocycles. The Hall–Kier alpha value is -0.860. The van der Waals surface area contributed by atoms with Crippen LogP contribution in [0.2, 0.25) is 0 Å². The molecule has 1 aliphatic rings. The highest BCUT2D eigenvalue weighted by atomic mass is 16.5. The molecule has 0 unspecified atom stereocenters. The van der Waals surface area contributed by atoms with E-state index in [1.54, 1.807) is 0 Å². The Morgan fingerprint density at radius 3 is 2.71 bits per heavy atom. The molecule has 0 bridgehead atoms. The van der Waals surface area contributed by atoms with Gasteiger partial charge >= 0.3 is 0 Å². The minimum Gasteiger partial charge on any atom is -0.379 e. The van der Waals surface area contributed by atoms with Crippen molar-refractivity contribution in [3.05, 3.63) is 34.9 Å². The highest BCUT2D eigenvalue weighted by Gasteiger charge is 2.10. The number of benzene rings is 1. The second-order valence-corrected chi connectivity index (χ2v) is 4.82. The maximum atomic E-state index is 5.37. The Labute approximate surface area is 105 Å². The van der Waals surface area contributed by atoms with Gasteiger partial charge in [-0.3, -0.25) is 4.90 Å². The van der Waals surface area contributed by atoms with Gasteiger partial charge in [0, 0.05) is 19.6 Å². The van der Waals surface area contributed by atoms with Crippen LogP contribution in [0.1, 0.15) is 23.6 Å². The van der Waals surface area contributed by atoms with Gasteiger partial charge < -0.3 is 4.74 Å². The zero-order chi connectivity index (χ0) is 12.1. The first-order valence-corrected chi connectivity index (χ1v) is 6.68. The van der Waals surface area contributed by atoms with Crippen molar-refractivity contribution in [3.63, 3.8) is 0 Å². The van der Waals surface area contributed by atoms with Crippen LogP contribution in [0.3, 0.4) is 0 Å². The first-order chi connectivity index (χ1) is 8.29. The summed E-state index contributed by atoms with van der Waals surface area (Å²) in [5.74, 6) is 0. The topological polar surface area (TPSA) is 12.5 Å². The fourth-order valence-electron chi connectivity index (χ4n) is 2.32. The molecule has 17 heavy (non-hydrogen) atoms. The number of nitrogens with zero attached hydrogens (tertiary/aromatic N) is 1. The zero-order valence-electron chi connectivity index (χ0n) is 11.0. The largest absolute Gasteiger partial charge is 0.379 e. The lowest BCUT2D eigenvalue weighted by atomic mass is 10.0. The fraction of sp³-hybridized carbons (Fsp3) is 0.600. The van der Waals surface area contributed by atoms with Gasteiger partial charge in [0.1, 0.15) is 0 Å². The second kappa shape index (κ2) is 6.18. The summed E-state index contributed by atoms with van der Waals surface area (Å²) in [6.07, 6.45) is 2.30. The Morgan fingerprint density at radius 2 is 2.00 bits per heavy atom. The van der Waals surface area contributed by atoms with Crippen molar-refractivity contribution in [3.8, 4) is 0 Å². The van der Waals surface area contributed by atoms with Gasteiger partial charge in [0.15, 0.2) is 0 Å². The summed E-state index contributed by atoms with van der Waals surface area (Å²) >= 11 is 0. The number of hydrogen-bond donors (Lipinski definition) is 0. The SMILES string of the molecule is CCc1ccc(C)c(CCN2CCOCC2)c1. The maximum Gasteiger partial charge on any atom is 0.0594 e. The van der Waals surface area contributed by atoms with Crippen LogP contribution in [-0.2, 0) is 17.6 Å². The number of hydrogen-bond acceptors (Lipinski definition) is 2. The predicted octanol–water partition coefficient (Wildman–Crippen LogP) is 2.43. The molecule has 1 aromatic rings. The van der Waals surface area contributed by atoms with Gasteiger partial charge in [0.25, 0.3) is 0 Å². The van der Waals surface area contributed by atoms with Crippen molar-refractivity contribution in [2.45, 2.75) is 26.7 Å². The number of aryl methyl sites for hydroxylation is 2. The molecule has 2 heteroatoms. The fourth-order valence-corrected chi connectivity index (χ4v) is 2.32. The summed E-state index contributed by atoms with van der Waals surface area (Å²) in [4.78, 5) is 2.50. The lowest BCUT2D eigenvalue weighted by Crippen LogP contribution is -2.37. The van der Waals surface area contributed by atoms with Crippen molar-refractivity contribution in [1.29, 1.82) is 0 Å². The zero-order valence-corrected chi connectivity index (χ0v) is 11.0. The van der Waals surface area contributed by atoms with Crippen molar-refractivity contribution in [2.24, 2.45) is 0 Å². The van der Waals surface area contributed by atoms with Crippen LogP contribution < -0.4 is 0 Å². The number of ether oxygens (including phenoxy) is 1. The third kappa shape index (κ3) is 3.55. The molecular weight excluding hydrogens is 210 g/mol. The Balaban J connectivity index is 1.92. The van der Waals surface area contributed by atoms with Gasteiger partial charge in [-0.25, -0.2) is 0 Å². The predicted molar refractivity (Wildman–Crippen MR) is 71.5 cm³/mol. The summed E-state index contributed by atoms with van der Waals surface area (Å²) in [7, 11) is 0. The molecule has 0 spiro atoms. The summed E-state index contributed by atoms with van der Waals surface area (Å²) in [6, 6.07) is 6.87. The molecule has 94 valence electrons. The van der Waals surface area contributed by atoms with Crippen LogP contribution in [0, 0.1) is 6.92 Å². The van der Waals surface area contributed by atoms with E-state index in [2.05, 4.69) is 36.9 Å². The van der Waals surface area contributed by atoms with Gasteiger partial charge in [-0.2, -0.15) is 0 Å². The minimum absolute atomic E-state index is 0.897. The van der Waals surface area contributed by atoms with Crippen molar-refractivity contribution < 1.29 is 4.74 Å². The van der Waals surface area contributed by atoms with E-state index in [4.69, 9.17) is 4.74 Å². The molecule has 1 heterocycles. The van der Waals surface area contributed by atoms with E-state index in [9.17, 15) is 0 Å². The van der Waals surface area contributed by atoms with Gasteiger partial charge in [0.2, 0.25) is 0 Å². The molecule has 0 N–H and O–H groups in total. The Bertz CT molecular complexity index is 356. The summed E-state index contributed by atoms with van der Waals surface area (Å²) in [6.45, 7) is 9.57. The molecule has 0 atom stereocenters. The Kier molecular flexibility index (Phi) is 4.57. The molecule has 1 saturated heterocycles. The average molecular weight is 233 g/mol. The Morgan fingerprint density at radius 1 is 1.24 bits per heavy atom. The molecule has 1 aromatic carbocycles. The third-order valence-electron chi connectivity index (χ3n) is 3.62. The van der Waals surface area contributed by atoms with E-state index in [0.717, 1.165) is 39.3 Å². The van der Waals surface area contributed by atoms with Gasteiger partial charge in [-0.15, -0.1) is 0 Å². The maximum absolute atomic E-state index is 5.37. The monoisotopic (exact) mass is 233 g/mol. The molecule has 2 nitrogen and oxygen atoms in total. The van der Waals surface area contributed by atoms with Crippen LogP contribution in [-0.4, -0.2) is 37.7 Å². The molecule has 1 fully saturated rings. The van der Waals surface area contributed by atoms with E-state index in [0.29, 0.717) is 0 Å². The van der Waals surface area contributed by atoms with Gasteiger partial charge in [-0.1, -0.05) is 25.1 Å². The van der Waals surface area contributed by atoms with Crippen molar-refractivity contribution >= 4 is 0 Å². The van der Waals surface area contributed by atoms with E-state index in [1.807, 2.05) is 0 Å². The molecule has 2 rings (SSSR count). The highest BCUT2D eigenvalue weighted by Crippen LogP contribution is 2.13. The van der Waals surface area contributed by atoms with Crippen LogP contribution in [0.25, 0.3) is 0 Å². The van der Waals surface area contributed by atoms with E-state index >= 15 is 0 Å². The van der Waals surface area contributed by atoms with Crippen molar-refractivity contribution in [2.75, 3.05) is 32.8 Å². The van der Waals surface area contributed by atoms with E-state index in [-0.39, 0.29) is 0 Å². The summed E-state index contributed by atoms with van der Waals surface area (Å²) in [5.41, 5.74) is 4.39. The first-order valence-electron chi connectivity index (χ1n) is 6.68. The highest BCUT2D eigenvalue weighted by molar-refractivity contribution is 5.31. The third-order valence-corrected chi connectivity index (χ3v) is 3.62. The number of rotatable bonds is 4. The van der Waals surface area contributed by atoms with Crippen LogP contribution in [0.4, 0.5) is 0 Å². The molecule has 0 aromatic heterocycles. The first kappa shape index (κ1) is 12.6. The lowest BCUT2D eigenvalue weighted by Gasteiger charge is -2.26.